The molecule has 3 heterocycles. The number of aliphatic carboxylic acids is 2. The Kier molecular flexibility index (Phi) is 9.45. The number of hydrogen-bond donors (Lipinski definition) is 3. The van der Waals surface area contributed by atoms with Crippen LogP contribution in [0.1, 0.15) is 19.8 Å². The van der Waals surface area contributed by atoms with Gasteiger partial charge in [-0.15, -0.1) is 11.3 Å². The lowest BCUT2D eigenvalue weighted by Crippen LogP contribution is -2.37. The standard InChI is InChI=1S/C24H23N3O9S5/c1-13(10-16-25(8-4-5-9-41(34,35)36)14-6-2-3-7-15(14)38-16)19-21(32)26(11-17(28)29)23(39-19)20-22(33)27(12-18(30)31)24(37)40-20/h2-3,6-7,10H,4-5,8-9,11-12H2,1H3,(H,28,29)(H,30,31)(H,34,35,36)/b16-10?,19-13+,23-20+. The van der Waals surface area contributed by atoms with E-state index in [9.17, 15) is 32.7 Å². The van der Waals surface area contributed by atoms with E-state index in [0.717, 1.165) is 48.2 Å². The Hall–Kier alpha value is -2.96. The minimum atomic E-state index is -4.08. The number of thiocarbonyl (C=S) groups is 1. The van der Waals surface area contributed by atoms with Gasteiger partial charge in [0.15, 0.2) is 0 Å². The minimum Gasteiger partial charge on any atom is -0.480 e. The van der Waals surface area contributed by atoms with Gasteiger partial charge in [0.25, 0.3) is 21.6 Å². The molecule has 1 amide bonds. The van der Waals surface area contributed by atoms with Gasteiger partial charge in [0.05, 0.1) is 21.0 Å². The number of anilines is 1. The zero-order chi connectivity index (χ0) is 30.1. The number of carboxylic acid groups (broad SMARTS) is 2. The van der Waals surface area contributed by atoms with Crippen LogP contribution in [0.5, 0.6) is 0 Å². The molecule has 17 heteroatoms. The van der Waals surface area contributed by atoms with E-state index in [2.05, 4.69) is 0 Å². The summed E-state index contributed by atoms with van der Waals surface area (Å²) in [6, 6.07) is 7.58. The van der Waals surface area contributed by atoms with Crippen LogP contribution in [0.15, 0.2) is 45.1 Å². The minimum absolute atomic E-state index is 0.00995. The van der Waals surface area contributed by atoms with Crippen molar-refractivity contribution in [1.29, 1.82) is 0 Å². The summed E-state index contributed by atoms with van der Waals surface area (Å²) in [7, 11) is -4.08. The van der Waals surface area contributed by atoms with Crippen molar-refractivity contribution in [3.05, 3.63) is 54.9 Å². The maximum absolute atomic E-state index is 13.4. The van der Waals surface area contributed by atoms with E-state index in [1.807, 2.05) is 29.2 Å². The molecule has 3 N–H and O–H groups in total. The average molecular weight is 658 g/mol. The third-order valence-electron chi connectivity index (χ3n) is 5.88. The van der Waals surface area contributed by atoms with Crippen LogP contribution < -0.4 is 19.7 Å². The number of carbonyl (C=O) groups is 3. The molecular weight excluding hydrogens is 635 g/mol. The Morgan fingerprint density at radius 2 is 1.71 bits per heavy atom. The number of rotatable bonds is 10. The number of carbonyl (C=O) groups excluding carboxylic acids is 1. The number of allylic oxidation sites excluding steroid dienone is 1. The lowest BCUT2D eigenvalue weighted by Gasteiger charge is -2.20. The SMILES string of the molecule is C/C(C=C1Sc2ccccc2N1CCCCS(=O)(=O)O)=c1\s/c(=C2/SC(=S)N(CC(=O)O)C2=O)n(CC(=O)O)c1=O. The normalized spacial score (nSPS) is 18.3. The molecule has 0 spiro atoms. The van der Waals surface area contributed by atoms with Crippen LogP contribution in [0.25, 0.3) is 10.5 Å². The molecule has 4 rings (SSSR count). The van der Waals surface area contributed by atoms with E-state index in [1.54, 1.807) is 13.0 Å². The number of carboxylic acids is 2. The molecule has 0 saturated carbocycles. The first-order valence-corrected chi connectivity index (χ1v) is 16.4. The Labute approximate surface area is 251 Å². The molecule has 2 aromatic rings. The van der Waals surface area contributed by atoms with Crippen LogP contribution in [0.4, 0.5) is 5.69 Å². The van der Waals surface area contributed by atoms with Crippen molar-refractivity contribution >= 4 is 95.5 Å². The van der Waals surface area contributed by atoms with Gasteiger partial charge < -0.3 is 15.1 Å². The fourth-order valence-electron chi connectivity index (χ4n) is 4.10. The molecule has 2 aliphatic heterocycles. The van der Waals surface area contributed by atoms with E-state index in [1.165, 1.54) is 11.8 Å². The Balaban J connectivity index is 1.80. The highest BCUT2D eigenvalue weighted by Crippen LogP contribution is 2.46. The van der Waals surface area contributed by atoms with Gasteiger partial charge in [0.2, 0.25) is 0 Å². The molecule has 2 aliphatic rings. The van der Waals surface area contributed by atoms with Crippen LogP contribution >= 0.6 is 47.1 Å². The summed E-state index contributed by atoms with van der Waals surface area (Å²) in [5.41, 5.74) is 0.782. The molecule has 41 heavy (non-hydrogen) atoms. The topological polar surface area (TPSA) is 175 Å². The Morgan fingerprint density at radius 3 is 2.37 bits per heavy atom. The third-order valence-corrected chi connectivity index (χ3v) is 10.7. The molecule has 0 radical (unpaired) electrons. The van der Waals surface area contributed by atoms with Gasteiger partial charge in [-0.25, -0.2) is 0 Å². The Morgan fingerprint density at radius 1 is 1.02 bits per heavy atom. The highest BCUT2D eigenvalue weighted by Gasteiger charge is 2.35. The zero-order valence-electron chi connectivity index (χ0n) is 21.3. The van der Waals surface area contributed by atoms with Gasteiger partial charge >= 0.3 is 11.9 Å². The van der Waals surface area contributed by atoms with Crippen molar-refractivity contribution in [3.8, 4) is 0 Å². The largest absolute Gasteiger partial charge is 0.480 e. The molecule has 1 saturated heterocycles. The Bertz CT molecular complexity index is 1780. The monoisotopic (exact) mass is 657 g/mol. The zero-order valence-corrected chi connectivity index (χ0v) is 25.4. The van der Waals surface area contributed by atoms with Gasteiger partial charge in [-0.2, -0.15) is 8.42 Å². The molecule has 218 valence electrons. The first kappa shape index (κ1) is 31.0. The summed E-state index contributed by atoms with van der Waals surface area (Å²) in [5.74, 6) is -3.65. The molecule has 0 unspecified atom stereocenters. The molecule has 0 atom stereocenters. The number of aromatic nitrogens is 1. The van der Waals surface area contributed by atoms with Gasteiger partial charge in [-0.3, -0.25) is 33.2 Å². The van der Waals surface area contributed by atoms with Crippen molar-refractivity contribution < 1.29 is 37.6 Å². The van der Waals surface area contributed by atoms with Gasteiger partial charge in [-0.1, -0.05) is 47.9 Å². The van der Waals surface area contributed by atoms with Crippen molar-refractivity contribution in [3.63, 3.8) is 0 Å². The molecular formula is C24H23N3O9S5. The van der Waals surface area contributed by atoms with Crippen LogP contribution in [0, 0.1) is 0 Å². The van der Waals surface area contributed by atoms with E-state index in [0.29, 0.717) is 18.5 Å². The molecule has 1 aromatic heterocycles. The molecule has 0 aliphatic carbocycles. The second kappa shape index (κ2) is 12.5. The molecule has 12 nitrogen and oxygen atoms in total. The van der Waals surface area contributed by atoms with Gasteiger partial charge in [-0.05, 0) is 43.5 Å². The maximum Gasteiger partial charge on any atom is 0.323 e. The highest BCUT2D eigenvalue weighted by atomic mass is 32.2. The summed E-state index contributed by atoms with van der Waals surface area (Å²) >= 11 is 8.34. The predicted molar refractivity (Wildman–Crippen MR) is 161 cm³/mol. The lowest BCUT2D eigenvalue weighted by molar-refractivity contribution is -0.140. The summed E-state index contributed by atoms with van der Waals surface area (Å²) in [4.78, 5) is 53.0. The number of hydrogen-bond acceptors (Lipinski definition) is 11. The number of thiazole rings is 1. The fraction of sp³-hybridized carbons (Fsp3) is 0.292. The maximum atomic E-state index is 13.4. The summed E-state index contributed by atoms with van der Waals surface area (Å²) in [6.07, 6.45) is 2.48. The van der Waals surface area contributed by atoms with Crippen LogP contribution in [0.3, 0.4) is 0 Å². The van der Waals surface area contributed by atoms with Gasteiger partial charge in [0.1, 0.15) is 27.0 Å². The van der Waals surface area contributed by atoms with Crippen molar-refractivity contribution in [2.45, 2.75) is 31.2 Å². The summed E-state index contributed by atoms with van der Waals surface area (Å²) in [6.45, 7) is 0.755. The fourth-order valence-corrected chi connectivity index (χ4v) is 8.38. The first-order valence-electron chi connectivity index (χ1n) is 11.9. The smallest absolute Gasteiger partial charge is 0.323 e. The lowest BCUT2D eigenvalue weighted by atomic mass is 10.2. The third kappa shape index (κ3) is 7.10. The number of benzene rings is 1. The highest BCUT2D eigenvalue weighted by molar-refractivity contribution is 8.30. The molecule has 1 fully saturated rings. The second-order valence-corrected chi connectivity index (χ2v) is 14.2. The predicted octanol–water partition coefficient (Wildman–Crippen LogP) is 1.34. The van der Waals surface area contributed by atoms with Crippen LogP contribution in [0.2, 0.25) is 0 Å². The van der Waals surface area contributed by atoms with Crippen LogP contribution in [-0.2, 0) is 31.0 Å². The second-order valence-electron chi connectivity index (χ2n) is 8.88. The van der Waals surface area contributed by atoms with Crippen molar-refractivity contribution in [1.82, 2.24) is 9.47 Å². The quantitative estimate of drug-likeness (QED) is 0.190. The number of unbranched alkanes of at least 4 members (excludes halogenated alkanes) is 1. The van der Waals surface area contributed by atoms with Crippen molar-refractivity contribution in [2.24, 2.45) is 0 Å². The summed E-state index contributed by atoms with van der Waals surface area (Å²) < 4.78 is 32.5. The molecule has 0 bridgehead atoms. The average Bonchev–Trinajstić information content (AvgIpc) is 3.48. The number of nitrogens with zero attached hydrogens (tertiary/aromatic N) is 3. The van der Waals surface area contributed by atoms with E-state index < -0.39 is 46.6 Å². The summed E-state index contributed by atoms with van der Waals surface area (Å²) in [5, 5.41) is 19.3. The number of para-hydroxylation sites is 1. The van der Waals surface area contributed by atoms with E-state index in [-0.39, 0.29) is 30.6 Å². The number of amides is 1. The van der Waals surface area contributed by atoms with E-state index >= 15 is 0 Å². The number of fused-ring (bicyclic) bond motifs is 1. The van der Waals surface area contributed by atoms with Gasteiger partial charge in [0, 0.05) is 11.4 Å². The van der Waals surface area contributed by atoms with Crippen LogP contribution in [-0.4, -0.2) is 73.7 Å². The van der Waals surface area contributed by atoms with E-state index in [4.69, 9.17) is 21.9 Å². The first-order chi connectivity index (χ1) is 19.3. The molecule has 1 aromatic carbocycles. The number of thioether (sulfide) groups is 2. The van der Waals surface area contributed by atoms with Crippen molar-refractivity contribution in [2.75, 3.05) is 23.7 Å².